The summed E-state index contributed by atoms with van der Waals surface area (Å²) in [6.45, 7) is 0. The van der Waals surface area contributed by atoms with Crippen molar-refractivity contribution in [1.82, 2.24) is 5.32 Å². The highest BCUT2D eigenvalue weighted by molar-refractivity contribution is 8.00. The van der Waals surface area contributed by atoms with Crippen molar-refractivity contribution in [3.8, 4) is 0 Å². The minimum Gasteiger partial charge on any atom is -0.451 e. The number of thiophene rings is 1. The number of rotatable bonds is 5. The molecule has 26 heavy (non-hydrogen) atoms. The van der Waals surface area contributed by atoms with Crippen molar-refractivity contribution in [2.75, 3.05) is 11.5 Å². The predicted octanol–water partition coefficient (Wildman–Crippen LogP) is 3.70. The number of nitrogens with one attached hydrogen (secondary N) is 1. The SMILES string of the molecule is O=C(NC1CCS(=O)(=O)C1)c1oc2ccccc2c1CSc1cccs1. The zero-order valence-electron chi connectivity index (χ0n) is 13.8. The first-order valence-corrected chi connectivity index (χ1v) is 11.9. The van der Waals surface area contributed by atoms with Crippen LogP contribution in [0.1, 0.15) is 22.5 Å². The highest BCUT2D eigenvalue weighted by Crippen LogP contribution is 2.33. The average Bonchev–Trinajstić information content (AvgIpc) is 3.31. The fourth-order valence-corrected chi connectivity index (χ4v) is 6.56. The van der Waals surface area contributed by atoms with Gasteiger partial charge in [0.25, 0.3) is 5.91 Å². The fraction of sp³-hybridized carbons (Fsp3) is 0.278. The molecule has 1 saturated heterocycles. The van der Waals surface area contributed by atoms with Gasteiger partial charge in [-0.2, -0.15) is 0 Å². The maximum Gasteiger partial charge on any atom is 0.287 e. The van der Waals surface area contributed by atoms with E-state index in [-0.39, 0.29) is 29.2 Å². The van der Waals surface area contributed by atoms with E-state index in [1.807, 2.05) is 41.8 Å². The highest BCUT2D eigenvalue weighted by atomic mass is 32.2. The van der Waals surface area contributed by atoms with Crippen molar-refractivity contribution in [1.29, 1.82) is 0 Å². The van der Waals surface area contributed by atoms with E-state index in [0.717, 1.165) is 10.9 Å². The van der Waals surface area contributed by atoms with Crippen LogP contribution in [0.2, 0.25) is 0 Å². The number of sulfone groups is 1. The molecule has 3 heterocycles. The number of fused-ring (bicyclic) bond motifs is 1. The number of hydrogen-bond donors (Lipinski definition) is 1. The Bertz CT molecular complexity index is 1040. The van der Waals surface area contributed by atoms with E-state index in [1.165, 1.54) is 4.21 Å². The summed E-state index contributed by atoms with van der Waals surface area (Å²) in [5.74, 6) is 0.672. The molecule has 2 aromatic heterocycles. The van der Waals surface area contributed by atoms with Gasteiger partial charge in [0, 0.05) is 22.7 Å². The summed E-state index contributed by atoms with van der Waals surface area (Å²) in [4.78, 5) is 12.8. The van der Waals surface area contributed by atoms with Crippen molar-refractivity contribution >= 4 is 49.8 Å². The monoisotopic (exact) mass is 407 g/mol. The second-order valence-electron chi connectivity index (χ2n) is 6.20. The fourth-order valence-electron chi connectivity index (χ4n) is 3.07. The van der Waals surface area contributed by atoms with Crippen molar-refractivity contribution in [3.63, 3.8) is 0 Å². The van der Waals surface area contributed by atoms with Crippen molar-refractivity contribution in [3.05, 3.63) is 53.1 Å². The van der Waals surface area contributed by atoms with Gasteiger partial charge in [-0.3, -0.25) is 4.79 Å². The van der Waals surface area contributed by atoms with Crippen LogP contribution in [0.4, 0.5) is 0 Å². The predicted molar refractivity (Wildman–Crippen MR) is 105 cm³/mol. The summed E-state index contributed by atoms with van der Waals surface area (Å²) in [6, 6.07) is 11.3. The molecular weight excluding hydrogens is 390 g/mol. The van der Waals surface area contributed by atoms with Gasteiger partial charge in [0.2, 0.25) is 0 Å². The molecule has 1 amide bonds. The van der Waals surface area contributed by atoms with Gasteiger partial charge in [-0.1, -0.05) is 24.3 Å². The molecule has 1 fully saturated rings. The molecule has 1 aliphatic rings. The molecule has 0 spiro atoms. The van der Waals surface area contributed by atoms with E-state index < -0.39 is 9.84 Å². The molecule has 0 bridgehead atoms. The van der Waals surface area contributed by atoms with Crippen LogP contribution in [0.25, 0.3) is 11.0 Å². The summed E-state index contributed by atoms with van der Waals surface area (Å²) < 4.78 is 30.2. The van der Waals surface area contributed by atoms with Crippen LogP contribution in [-0.2, 0) is 15.6 Å². The lowest BCUT2D eigenvalue weighted by Crippen LogP contribution is -2.35. The molecule has 0 aliphatic carbocycles. The van der Waals surface area contributed by atoms with Crippen LogP contribution in [-0.4, -0.2) is 31.9 Å². The minimum atomic E-state index is -3.05. The Morgan fingerprint density at radius 2 is 2.12 bits per heavy atom. The van der Waals surface area contributed by atoms with Crippen LogP contribution in [0.3, 0.4) is 0 Å². The Hall–Kier alpha value is -1.77. The van der Waals surface area contributed by atoms with Gasteiger partial charge in [-0.25, -0.2) is 8.42 Å². The standard InChI is InChI=1S/C18H17NO4S3/c20-18(19-12-7-9-26(21,22)11-12)17-14(10-25-16-6-3-8-24-16)13-4-1-2-5-15(13)23-17/h1-6,8,12H,7,9-11H2,(H,19,20). The van der Waals surface area contributed by atoms with Gasteiger partial charge in [-0.15, -0.1) is 23.1 Å². The molecule has 4 rings (SSSR count). The molecule has 5 nitrogen and oxygen atoms in total. The number of thioether (sulfide) groups is 1. The maximum atomic E-state index is 12.8. The molecule has 3 aromatic rings. The van der Waals surface area contributed by atoms with Crippen LogP contribution in [0.5, 0.6) is 0 Å². The molecule has 136 valence electrons. The quantitative estimate of drug-likeness (QED) is 0.653. The summed E-state index contributed by atoms with van der Waals surface area (Å²) in [5.41, 5.74) is 1.51. The average molecular weight is 408 g/mol. The summed E-state index contributed by atoms with van der Waals surface area (Å²) in [5, 5.41) is 5.76. The maximum absolute atomic E-state index is 12.8. The summed E-state index contributed by atoms with van der Waals surface area (Å²) in [6.07, 6.45) is 0.452. The zero-order valence-corrected chi connectivity index (χ0v) is 16.3. The first kappa shape index (κ1) is 17.6. The first-order chi connectivity index (χ1) is 12.5. The number of furan rings is 1. The summed E-state index contributed by atoms with van der Waals surface area (Å²) in [7, 11) is -3.05. The highest BCUT2D eigenvalue weighted by Gasteiger charge is 2.31. The van der Waals surface area contributed by atoms with Gasteiger partial charge in [-0.05, 0) is 23.9 Å². The van der Waals surface area contributed by atoms with Gasteiger partial charge in [0.05, 0.1) is 15.7 Å². The molecule has 8 heteroatoms. The zero-order chi connectivity index (χ0) is 18.1. The van der Waals surface area contributed by atoms with Gasteiger partial charge in [0.15, 0.2) is 15.6 Å². The Morgan fingerprint density at radius 3 is 2.85 bits per heavy atom. The molecule has 1 unspecified atom stereocenters. The molecule has 0 radical (unpaired) electrons. The lowest BCUT2D eigenvalue weighted by molar-refractivity contribution is 0.0914. The molecule has 1 aliphatic heterocycles. The second-order valence-corrected chi connectivity index (χ2v) is 10.7. The lowest BCUT2D eigenvalue weighted by atomic mass is 10.1. The van der Waals surface area contributed by atoms with E-state index >= 15 is 0 Å². The Kier molecular flexibility index (Phi) is 4.81. The van der Waals surface area contributed by atoms with Crippen molar-refractivity contribution in [2.24, 2.45) is 0 Å². The number of carbonyl (C=O) groups excluding carboxylic acids is 1. The van der Waals surface area contributed by atoms with E-state index in [1.54, 1.807) is 23.1 Å². The van der Waals surface area contributed by atoms with Gasteiger partial charge < -0.3 is 9.73 Å². The third-order valence-corrected chi connectivity index (χ3v) is 8.25. The normalized spacial score (nSPS) is 19.0. The first-order valence-electron chi connectivity index (χ1n) is 8.20. The van der Waals surface area contributed by atoms with Crippen molar-refractivity contribution in [2.45, 2.75) is 22.4 Å². The Morgan fingerprint density at radius 1 is 1.27 bits per heavy atom. The summed E-state index contributed by atoms with van der Waals surface area (Å²) >= 11 is 3.31. The third kappa shape index (κ3) is 3.67. The molecular formula is C18H17NO4S3. The largest absolute Gasteiger partial charge is 0.451 e. The molecule has 1 atom stereocenters. The van der Waals surface area contributed by atoms with Crippen molar-refractivity contribution < 1.29 is 17.6 Å². The lowest BCUT2D eigenvalue weighted by Gasteiger charge is -2.10. The van der Waals surface area contributed by atoms with Crippen LogP contribution in [0, 0.1) is 0 Å². The number of carbonyl (C=O) groups is 1. The Balaban J connectivity index is 1.60. The van der Waals surface area contributed by atoms with Gasteiger partial charge in [0.1, 0.15) is 5.58 Å². The number of benzene rings is 1. The van der Waals surface area contributed by atoms with E-state index in [4.69, 9.17) is 4.42 Å². The number of amides is 1. The van der Waals surface area contributed by atoms with E-state index in [0.29, 0.717) is 17.8 Å². The van der Waals surface area contributed by atoms with E-state index in [2.05, 4.69) is 5.32 Å². The second kappa shape index (κ2) is 7.09. The van der Waals surface area contributed by atoms with Crippen LogP contribution < -0.4 is 5.32 Å². The van der Waals surface area contributed by atoms with Crippen LogP contribution in [0.15, 0.2) is 50.4 Å². The Labute approximate surface area is 159 Å². The van der Waals surface area contributed by atoms with E-state index in [9.17, 15) is 13.2 Å². The van der Waals surface area contributed by atoms with Gasteiger partial charge >= 0.3 is 0 Å². The smallest absolute Gasteiger partial charge is 0.287 e. The minimum absolute atomic E-state index is 0.00174. The molecule has 1 N–H and O–H groups in total. The number of para-hydroxylation sites is 1. The molecule has 0 saturated carbocycles. The number of hydrogen-bond acceptors (Lipinski definition) is 6. The van der Waals surface area contributed by atoms with Crippen LogP contribution >= 0.6 is 23.1 Å². The topological polar surface area (TPSA) is 76.4 Å². The molecule has 1 aromatic carbocycles. The third-order valence-electron chi connectivity index (χ3n) is 4.33.